The van der Waals surface area contributed by atoms with Gasteiger partial charge in [-0.3, -0.25) is 4.98 Å². The van der Waals surface area contributed by atoms with Crippen LogP contribution in [0.3, 0.4) is 0 Å². The van der Waals surface area contributed by atoms with Gasteiger partial charge in [0, 0.05) is 36.5 Å². The fraction of sp³-hybridized carbons (Fsp3) is 0.286. The molecule has 2 N–H and O–H groups in total. The third kappa shape index (κ3) is 3.90. The van der Waals surface area contributed by atoms with Crippen LogP contribution in [-0.2, 0) is 12.8 Å². The fourth-order valence-corrected chi connectivity index (χ4v) is 3.26. The minimum Gasteiger partial charge on any atom is -0.487 e. The molecule has 0 saturated carbocycles. The second kappa shape index (κ2) is 7.72. The number of hydrogen-bond donors (Lipinski definition) is 2. The minimum absolute atomic E-state index is 0.0456. The van der Waals surface area contributed by atoms with Crippen molar-refractivity contribution >= 4 is 5.82 Å². The van der Waals surface area contributed by atoms with Gasteiger partial charge >= 0.3 is 0 Å². The summed E-state index contributed by atoms with van der Waals surface area (Å²) in [6.45, 7) is 2.74. The van der Waals surface area contributed by atoms with Crippen LogP contribution in [-0.4, -0.2) is 39.3 Å². The van der Waals surface area contributed by atoms with Crippen molar-refractivity contribution in [1.29, 1.82) is 0 Å². The van der Waals surface area contributed by atoms with E-state index in [1.165, 1.54) is 5.56 Å². The third-order valence-corrected chi connectivity index (χ3v) is 4.69. The lowest BCUT2D eigenvalue weighted by atomic mass is 10.0. The van der Waals surface area contributed by atoms with Crippen molar-refractivity contribution in [2.24, 2.45) is 0 Å². The predicted molar refractivity (Wildman–Crippen MR) is 104 cm³/mol. The number of hydrogen-bond acceptors (Lipinski definition) is 6. The average Bonchev–Trinajstić information content (AvgIpc) is 3.13. The highest BCUT2D eigenvalue weighted by atomic mass is 16.5. The molecule has 0 aliphatic carbocycles. The van der Waals surface area contributed by atoms with E-state index in [0.717, 1.165) is 53.5 Å². The standard InChI is InChI=1S/C21H22N4O2/c1-14-5-6-17(11-23-14)19-10-20(25-13-24-19)22-8-7-15-3-2-4-16-9-18(12-26)27-21(15)16/h2-6,10-11,13,18,26H,7-9,12H2,1H3,(H,22,24,25)/t18-/m1/s1. The summed E-state index contributed by atoms with van der Waals surface area (Å²) in [5.74, 6) is 1.70. The molecule has 0 saturated heterocycles. The third-order valence-electron chi connectivity index (χ3n) is 4.69. The number of aliphatic hydroxyl groups is 1. The summed E-state index contributed by atoms with van der Waals surface area (Å²) in [6, 6.07) is 12.1. The summed E-state index contributed by atoms with van der Waals surface area (Å²) in [5.41, 5.74) is 5.10. The number of aryl methyl sites for hydroxylation is 1. The van der Waals surface area contributed by atoms with E-state index in [9.17, 15) is 5.11 Å². The van der Waals surface area contributed by atoms with Crippen LogP contribution >= 0.6 is 0 Å². The Bertz CT molecular complexity index is 928. The van der Waals surface area contributed by atoms with E-state index in [1.54, 1.807) is 6.33 Å². The molecule has 3 aromatic rings. The highest BCUT2D eigenvalue weighted by molar-refractivity contribution is 5.61. The largest absolute Gasteiger partial charge is 0.487 e. The lowest BCUT2D eigenvalue weighted by Gasteiger charge is -2.11. The second-order valence-corrected chi connectivity index (χ2v) is 6.69. The summed E-state index contributed by atoms with van der Waals surface area (Å²) >= 11 is 0. The minimum atomic E-state index is -0.123. The molecule has 1 aliphatic heterocycles. The first-order chi connectivity index (χ1) is 13.2. The maximum absolute atomic E-state index is 9.33. The topological polar surface area (TPSA) is 80.2 Å². The predicted octanol–water partition coefficient (Wildman–Crippen LogP) is 2.80. The Hall–Kier alpha value is -2.99. The Labute approximate surface area is 158 Å². The van der Waals surface area contributed by atoms with Gasteiger partial charge in [-0.1, -0.05) is 18.2 Å². The van der Waals surface area contributed by atoms with Crippen molar-refractivity contribution in [2.75, 3.05) is 18.5 Å². The van der Waals surface area contributed by atoms with E-state index in [-0.39, 0.29) is 12.7 Å². The van der Waals surface area contributed by atoms with Crippen LogP contribution in [0.4, 0.5) is 5.82 Å². The Balaban J connectivity index is 1.41. The zero-order valence-corrected chi connectivity index (χ0v) is 15.2. The first-order valence-electron chi connectivity index (χ1n) is 9.10. The molecule has 0 radical (unpaired) electrons. The van der Waals surface area contributed by atoms with Gasteiger partial charge in [-0.05, 0) is 36.6 Å². The van der Waals surface area contributed by atoms with Crippen molar-refractivity contribution in [3.8, 4) is 17.0 Å². The highest BCUT2D eigenvalue weighted by Crippen LogP contribution is 2.32. The van der Waals surface area contributed by atoms with Gasteiger partial charge in [0.05, 0.1) is 12.3 Å². The summed E-state index contributed by atoms with van der Waals surface area (Å²) in [5, 5.41) is 12.7. The second-order valence-electron chi connectivity index (χ2n) is 6.69. The molecule has 27 heavy (non-hydrogen) atoms. The van der Waals surface area contributed by atoms with Gasteiger partial charge < -0.3 is 15.2 Å². The lowest BCUT2D eigenvalue weighted by Crippen LogP contribution is -2.17. The van der Waals surface area contributed by atoms with Gasteiger partial charge in [-0.25, -0.2) is 9.97 Å². The van der Waals surface area contributed by atoms with E-state index < -0.39 is 0 Å². The Morgan fingerprint density at radius 3 is 2.93 bits per heavy atom. The number of para-hydroxylation sites is 1. The molecule has 6 nitrogen and oxygen atoms in total. The summed E-state index contributed by atoms with van der Waals surface area (Å²) in [4.78, 5) is 13.0. The van der Waals surface area contributed by atoms with Crippen LogP contribution in [0.15, 0.2) is 48.9 Å². The molecular formula is C21H22N4O2. The normalized spacial score (nSPS) is 15.3. The Morgan fingerprint density at radius 2 is 2.11 bits per heavy atom. The van der Waals surface area contributed by atoms with Gasteiger partial charge in [0.25, 0.3) is 0 Å². The van der Waals surface area contributed by atoms with Crippen molar-refractivity contribution in [3.05, 3.63) is 65.7 Å². The van der Waals surface area contributed by atoms with E-state index in [4.69, 9.17) is 4.74 Å². The molecule has 138 valence electrons. The number of nitrogens with one attached hydrogen (secondary N) is 1. The SMILES string of the molecule is Cc1ccc(-c2cc(NCCc3cccc4c3O[C@@H](CO)C4)ncn2)cn1. The number of aromatic nitrogens is 3. The maximum Gasteiger partial charge on any atom is 0.129 e. The van der Waals surface area contributed by atoms with Gasteiger partial charge in [-0.15, -0.1) is 0 Å². The molecule has 0 bridgehead atoms. The number of ether oxygens (including phenoxy) is 1. The van der Waals surface area contributed by atoms with Gasteiger partial charge in [0.1, 0.15) is 24.0 Å². The van der Waals surface area contributed by atoms with Crippen LogP contribution in [0.2, 0.25) is 0 Å². The lowest BCUT2D eigenvalue weighted by molar-refractivity contribution is 0.134. The summed E-state index contributed by atoms with van der Waals surface area (Å²) in [7, 11) is 0. The molecular weight excluding hydrogens is 340 g/mol. The molecule has 2 aromatic heterocycles. The smallest absolute Gasteiger partial charge is 0.129 e. The Morgan fingerprint density at radius 1 is 1.19 bits per heavy atom. The maximum atomic E-state index is 9.33. The van der Waals surface area contributed by atoms with Crippen LogP contribution in [0, 0.1) is 6.92 Å². The number of fused-ring (bicyclic) bond motifs is 1. The van der Waals surface area contributed by atoms with Crippen molar-refractivity contribution < 1.29 is 9.84 Å². The van der Waals surface area contributed by atoms with E-state index >= 15 is 0 Å². The van der Waals surface area contributed by atoms with Crippen LogP contribution in [0.25, 0.3) is 11.3 Å². The molecule has 0 amide bonds. The van der Waals surface area contributed by atoms with Crippen LogP contribution in [0.1, 0.15) is 16.8 Å². The van der Waals surface area contributed by atoms with Gasteiger partial charge in [0.2, 0.25) is 0 Å². The molecule has 0 fully saturated rings. The number of pyridine rings is 1. The van der Waals surface area contributed by atoms with Gasteiger partial charge in [-0.2, -0.15) is 0 Å². The molecule has 1 atom stereocenters. The van der Waals surface area contributed by atoms with Gasteiger partial charge in [0.15, 0.2) is 0 Å². The molecule has 3 heterocycles. The zero-order valence-electron chi connectivity index (χ0n) is 15.2. The monoisotopic (exact) mass is 362 g/mol. The number of anilines is 1. The molecule has 1 aliphatic rings. The Kier molecular flexibility index (Phi) is 4.98. The average molecular weight is 362 g/mol. The van der Waals surface area contributed by atoms with Crippen LogP contribution in [0.5, 0.6) is 5.75 Å². The first-order valence-corrected chi connectivity index (χ1v) is 9.10. The van der Waals surface area contributed by atoms with E-state index in [1.807, 2.05) is 37.4 Å². The van der Waals surface area contributed by atoms with Crippen LogP contribution < -0.4 is 10.1 Å². The molecule has 1 aromatic carbocycles. The highest BCUT2D eigenvalue weighted by Gasteiger charge is 2.24. The number of benzene rings is 1. The molecule has 6 heteroatoms. The molecule has 0 unspecified atom stereocenters. The number of nitrogens with zero attached hydrogens (tertiary/aromatic N) is 3. The zero-order chi connectivity index (χ0) is 18.6. The fourth-order valence-electron chi connectivity index (χ4n) is 3.26. The van der Waals surface area contributed by atoms with E-state index in [2.05, 4.69) is 32.4 Å². The van der Waals surface area contributed by atoms with Crippen molar-refractivity contribution in [2.45, 2.75) is 25.9 Å². The number of rotatable bonds is 6. The number of aliphatic hydroxyl groups excluding tert-OH is 1. The molecule has 0 spiro atoms. The summed E-state index contributed by atoms with van der Waals surface area (Å²) < 4.78 is 5.87. The van der Waals surface area contributed by atoms with Crippen molar-refractivity contribution in [3.63, 3.8) is 0 Å². The van der Waals surface area contributed by atoms with E-state index in [0.29, 0.717) is 0 Å². The quantitative estimate of drug-likeness (QED) is 0.702. The van der Waals surface area contributed by atoms with Crippen molar-refractivity contribution in [1.82, 2.24) is 15.0 Å². The first kappa shape index (κ1) is 17.4. The summed E-state index contributed by atoms with van der Waals surface area (Å²) in [6.07, 6.45) is 4.84. The molecule has 4 rings (SSSR count).